The SMILES string of the molecule is COC(=O)c1cc(N2CCn3ccnc3C2)ncc1N. The Balaban J connectivity index is 1.90. The molecule has 0 atom stereocenters. The molecule has 0 spiro atoms. The van der Waals surface area contributed by atoms with Gasteiger partial charge >= 0.3 is 5.97 Å². The summed E-state index contributed by atoms with van der Waals surface area (Å²) in [7, 11) is 1.33. The van der Waals surface area contributed by atoms with Crippen LogP contribution in [0.5, 0.6) is 0 Å². The molecule has 2 aromatic rings. The van der Waals surface area contributed by atoms with E-state index < -0.39 is 5.97 Å². The van der Waals surface area contributed by atoms with Gasteiger partial charge in [0, 0.05) is 25.5 Å². The van der Waals surface area contributed by atoms with Gasteiger partial charge in [-0.25, -0.2) is 14.8 Å². The molecule has 2 aromatic heterocycles. The van der Waals surface area contributed by atoms with E-state index in [1.54, 1.807) is 12.3 Å². The van der Waals surface area contributed by atoms with Crippen molar-refractivity contribution in [3.63, 3.8) is 0 Å². The highest BCUT2D eigenvalue weighted by Crippen LogP contribution is 2.22. The number of hydrogen-bond donors (Lipinski definition) is 1. The predicted octanol–water partition coefficient (Wildman–Crippen LogP) is 0.667. The zero-order chi connectivity index (χ0) is 14.1. The van der Waals surface area contributed by atoms with Gasteiger partial charge in [0.05, 0.1) is 31.1 Å². The van der Waals surface area contributed by atoms with Crippen LogP contribution in [0.25, 0.3) is 0 Å². The molecule has 104 valence electrons. The minimum atomic E-state index is -0.454. The van der Waals surface area contributed by atoms with Gasteiger partial charge < -0.3 is 19.9 Å². The molecule has 1 aliphatic rings. The van der Waals surface area contributed by atoms with Gasteiger partial charge in [0.1, 0.15) is 11.6 Å². The molecule has 3 rings (SSSR count). The zero-order valence-corrected chi connectivity index (χ0v) is 11.1. The number of anilines is 2. The molecular formula is C13H15N5O2. The maximum absolute atomic E-state index is 11.7. The Morgan fingerprint density at radius 2 is 2.25 bits per heavy atom. The summed E-state index contributed by atoms with van der Waals surface area (Å²) in [5.41, 5.74) is 6.42. The second-order valence-corrected chi connectivity index (χ2v) is 4.58. The summed E-state index contributed by atoms with van der Waals surface area (Å²) < 4.78 is 6.83. The Morgan fingerprint density at radius 1 is 1.40 bits per heavy atom. The second-order valence-electron chi connectivity index (χ2n) is 4.58. The van der Waals surface area contributed by atoms with Gasteiger partial charge in [-0.1, -0.05) is 0 Å². The van der Waals surface area contributed by atoms with Crippen LogP contribution in [0.2, 0.25) is 0 Å². The van der Waals surface area contributed by atoms with E-state index in [0.717, 1.165) is 18.9 Å². The van der Waals surface area contributed by atoms with E-state index in [4.69, 9.17) is 10.5 Å². The Bertz CT molecular complexity index is 652. The fourth-order valence-corrected chi connectivity index (χ4v) is 2.28. The molecule has 7 heteroatoms. The highest BCUT2D eigenvalue weighted by molar-refractivity contribution is 5.95. The fourth-order valence-electron chi connectivity index (χ4n) is 2.28. The molecule has 0 aromatic carbocycles. The molecule has 1 aliphatic heterocycles. The summed E-state index contributed by atoms with van der Waals surface area (Å²) in [5.74, 6) is 1.23. The summed E-state index contributed by atoms with van der Waals surface area (Å²) in [6.07, 6.45) is 5.24. The number of methoxy groups -OCH3 is 1. The van der Waals surface area contributed by atoms with Gasteiger partial charge in [0.25, 0.3) is 0 Å². The molecule has 2 N–H and O–H groups in total. The Labute approximate surface area is 116 Å². The van der Waals surface area contributed by atoms with Crippen LogP contribution >= 0.6 is 0 Å². The number of rotatable bonds is 2. The fraction of sp³-hybridized carbons (Fsp3) is 0.308. The highest BCUT2D eigenvalue weighted by Gasteiger charge is 2.20. The number of hydrogen-bond acceptors (Lipinski definition) is 6. The lowest BCUT2D eigenvalue weighted by atomic mass is 10.2. The molecule has 0 saturated heterocycles. The Morgan fingerprint density at radius 3 is 3.05 bits per heavy atom. The first-order valence-corrected chi connectivity index (χ1v) is 6.28. The molecule has 0 bridgehead atoms. The molecule has 0 amide bonds. The molecule has 0 fully saturated rings. The monoisotopic (exact) mass is 273 g/mol. The van der Waals surface area contributed by atoms with E-state index in [-0.39, 0.29) is 0 Å². The number of imidazole rings is 1. The lowest BCUT2D eigenvalue weighted by Gasteiger charge is -2.28. The minimum Gasteiger partial charge on any atom is -0.465 e. The van der Waals surface area contributed by atoms with Gasteiger partial charge in [-0.15, -0.1) is 0 Å². The van der Waals surface area contributed by atoms with Crippen LogP contribution in [0.15, 0.2) is 24.7 Å². The van der Waals surface area contributed by atoms with E-state index in [9.17, 15) is 4.79 Å². The first-order chi connectivity index (χ1) is 9.69. The average Bonchev–Trinajstić information content (AvgIpc) is 2.94. The van der Waals surface area contributed by atoms with Crippen LogP contribution in [0.1, 0.15) is 16.2 Å². The second kappa shape index (κ2) is 4.84. The largest absolute Gasteiger partial charge is 0.465 e. The summed E-state index contributed by atoms with van der Waals surface area (Å²) in [5, 5.41) is 0. The highest BCUT2D eigenvalue weighted by atomic mass is 16.5. The van der Waals surface area contributed by atoms with Crippen molar-refractivity contribution in [1.29, 1.82) is 0 Å². The summed E-state index contributed by atoms with van der Waals surface area (Å²) in [4.78, 5) is 22.3. The van der Waals surface area contributed by atoms with Crippen LogP contribution in [0, 0.1) is 0 Å². The standard InChI is InChI=1S/C13H15N5O2/c1-20-13(19)9-6-11(16-7-10(9)14)18-5-4-17-3-2-15-12(17)8-18/h2-3,6-7H,4-5,8,14H2,1H3. The van der Waals surface area contributed by atoms with Crippen molar-refractivity contribution in [2.24, 2.45) is 0 Å². The third kappa shape index (κ3) is 2.07. The maximum Gasteiger partial charge on any atom is 0.340 e. The Kier molecular flexibility index (Phi) is 3.02. The van der Waals surface area contributed by atoms with E-state index in [2.05, 4.69) is 19.4 Å². The lowest BCUT2D eigenvalue weighted by molar-refractivity contribution is 0.0602. The van der Waals surface area contributed by atoms with Crippen LogP contribution in [0.4, 0.5) is 11.5 Å². The van der Waals surface area contributed by atoms with Crippen molar-refractivity contribution in [3.8, 4) is 0 Å². The number of carbonyl (C=O) groups is 1. The third-order valence-corrected chi connectivity index (χ3v) is 3.39. The number of nitrogens with two attached hydrogens (primary N) is 1. The molecule has 0 radical (unpaired) electrons. The summed E-state index contributed by atoms with van der Waals surface area (Å²) in [6, 6.07) is 1.67. The third-order valence-electron chi connectivity index (χ3n) is 3.39. The average molecular weight is 273 g/mol. The number of esters is 1. The number of ether oxygens (including phenoxy) is 1. The van der Waals surface area contributed by atoms with Gasteiger partial charge in [-0.3, -0.25) is 0 Å². The topological polar surface area (TPSA) is 86.3 Å². The van der Waals surface area contributed by atoms with Crippen LogP contribution in [-0.2, 0) is 17.8 Å². The summed E-state index contributed by atoms with van der Waals surface area (Å²) >= 11 is 0. The number of nitrogen functional groups attached to an aromatic ring is 1. The van der Waals surface area contributed by atoms with E-state index in [1.165, 1.54) is 13.3 Å². The summed E-state index contributed by atoms with van der Waals surface area (Å²) in [6.45, 7) is 2.31. The van der Waals surface area contributed by atoms with Crippen molar-refractivity contribution < 1.29 is 9.53 Å². The molecule has 0 unspecified atom stereocenters. The van der Waals surface area contributed by atoms with Crippen LogP contribution in [0.3, 0.4) is 0 Å². The zero-order valence-electron chi connectivity index (χ0n) is 11.1. The van der Waals surface area contributed by atoms with Crippen molar-refractivity contribution in [1.82, 2.24) is 14.5 Å². The molecule has 3 heterocycles. The van der Waals surface area contributed by atoms with Crippen LogP contribution in [-0.4, -0.2) is 34.2 Å². The van der Waals surface area contributed by atoms with Gasteiger partial charge in [0.2, 0.25) is 0 Å². The number of aromatic nitrogens is 3. The molecular weight excluding hydrogens is 258 g/mol. The van der Waals surface area contributed by atoms with Crippen LogP contribution < -0.4 is 10.6 Å². The maximum atomic E-state index is 11.7. The van der Waals surface area contributed by atoms with E-state index >= 15 is 0 Å². The minimum absolute atomic E-state index is 0.319. The number of nitrogens with zero attached hydrogens (tertiary/aromatic N) is 4. The predicted molar refractivity (Wildman–Crippen MR) is 73.3 cm³/mol. The Hall–Kier alpha value is -2.57. The van der Waals surface area contributed by atoms with E-state index in [1.807, 2.05) is 6.20 Å². The lowest BCUT2D eigenvalue weighted by Crippen LogP contribution is -2.34. The number of pyridine rings is 1. The van der Waals surface area contributed by atoms with E-state index in [0.29, 0.717) is 23.6 Å². The number of carbonyl (C=O) groups excluding carboxylic acids is 1. The normalized spacial score (nSPS) is 13.9. The first-order valence-electron chi connectivity index (χ1n) is 6.28. The van der Waals surface area contributed by atoms with Crippen molar-refractivity contribution in [3.05, 3.63) is 36.0 Å². The van der Waals surface area contributed by atoms with Crippen molar-refractivity contribution in [2.75, 3.05) is 24.3 Å². The van der Waals surface area contributed by atoms with Gasteiger partial charge in [0.15, 0.2) is 0 Å². The van der Waals surface area contributed by atoms with Crippen molar-refractivity contribution in [2.45, 2.75) is 13.1 Å². The molecule has 0 saturated carbocycles. The molecule has 0 aliphatic carbocycles. The quantitative estimate of drug-likeness (QED) is 0.809. The number of fused-ring (bicyclic) bond motifs is 1. The van der Waals surface area contributed by atoms with Crippen molar-refractivity contribution >= 4 is 17.5 Å². The molecule has 7 nitrogen and oxygen atoms in total. The smallest absolute Gasteiger partial charge is 0.340 e. The first kappa shape index (κ1) is 12.5. The molecule has 20 heavy (non-hydrogen) atoms. The van der Waals surface area contributed by atoms with Gasteiger partial charge in [-0.05, 0) is 6.07 Å². The van der Waals surface area contributed by atoms with Gasteiger partial charge in [-0.2, -0.15) is 0 Å².